The van der Waals surface area contributed by atoms with Crippen LogP contribution in [0.1, 0.15) is 32.4 Å². The minimum atomic E-state index is -0.152. The Balaban J connectivity index is 2.18. The van der Waals surface area contributed by atoms with Crippen molar-refractivity contribution in [3.05, 3.63) is 29.6 Å². The molecule has 1 aromatic carbocycles. The summed E-state index contributed by atoms with van der Waals surface area (Å²) in [6.07, 6.45) is 0. The molecule has 1 atom stereocenters. The monoisotopic (exact) mass is 279 g/mol. The Morgan fingerprint density at radius 2 is 1.90 bits per heavy atom. The standard InChI is InChI=1S/C16H26FN3/c1-4-18-13(3)15-12-14(17)6-7-16(15)20-10-8-19(5-2)9-11-20/h6-7,12-13,18H,4-5,8-11H2,1-3H3. The molecule has 112 valence electrons. The van der Waals surface area contributed by atoms with Gasteiger partial charge in [0.2, 0.25) is 0 Å². The van der Waals surface area contributed by atoms with Crippen molar-refractivity contribution in [1.29, 1.82) is 0 Å². The van der Waals surface area contributed by atoms with Crippen LogP contribution in [-0.4, -0.2) is 44.2 Å². The van der Waals surface area contributed by atoms with Crippen molar-refractivity contribution in [2.75, 3.05) is 44.2 Å². The van der Waals surface area contributed by atoms with E-state index in [1.54, 1.807) is 12.1 Å². The van der Waals surface area contributed by atoms with Crippen LogP contribution >= 0.6 is 0 Å². The Kier molecular flexibility index (Phi) is 5.38. The van der Waals surface area contributed by atoms with Crippen molar-refractivity contribution >= 4 is 5.69 Å². The van der Waals surface area contributed by atoms with Crippen molar-refractivity contribution < 1.29 is 4.39 Å². The van der Waals surface area contributed by atoms with Crippen LogP contribution in [0.2, 0.25) is 0 Å². The molecular formula is C16H26FN3. The molecule has 2 rings (SSSR count). The molecule has 1 aliphatic rings. The third-order valence-corrected chi connectivity index (χ3v) is 4.13. The lowest BCUT2D eigenvalue weighted by Gasteiger charge is -2.37. The molecule has 1 saturated heterocycles. The van der Waals surface area contributed by atoms with Gasteiger partial charge in [0.1, 0.15) is 5.82 Å². The second-order valence-corrected chi connectivity index (χ2v) is 5.40. The second kappa shape index (κ2) is 7.04. The number of rotatable bonds is 5. The van der Waals surface area contributed by atoms with Crippen LogP contribution in [0.15, 0.2) is 18.2 Å². The summed E-state index contributed by atoms with van der Waals surface area (Å²) in [5, 5.41) is 3.38. The van der Waals surface area contributed by atoms with Gasteiger partial charge in [0.05, 0.1) is 0 Å². The number of benzene rings is 1. The van der Waals surface area contributed by atoms with Gasteiger partial charge in [-0.2, -0.15) is 0 Å². The lowest BCUT2D eigenvalue weighted by Crippen LogP contribution is -2.46. The summed E-state index contributed by atoms with van der Waals surface area (Å²) in [6.45, 7) is 12.6. The number of hydrogen-bond acceptors (Lipinski definition) is 3. The number of anilines is 1. The maximum atomic E-state index is 13.6. The van der Waals surface area contributed by atoms with Gasteiger partial charge in [0, 0.05) is 37.9 Å². The zero-order chi connectivity index (χ0) is 14.5. The van der Waals surface area contributed by atoms with Gasteiger partial charge in [-0.1, -0.05) is 13.8 Å². The smallest absolute Gasteiger partial charge is 0.123 e. The van der Waals surface area contributed by atoms with Crippen LogP contribution in [-0.2, 0) is 0 Å². The third kappa shape index (κ3) is 3.49. The van der Waals surface area contributed by atoms with Crippen LogP contribution < -0.4 is 10.2 Å². The molecule has 0 bridgehead atoms. The average molecular weight is 279 g/mol. The number of likely N-dealkylation sites (N-methyl/N-ethyl adjacent to an activating group) is 1. The molecule has 0 saturated carbocycles. The highest BCUT2D eigenvalue weighted by Gasteiger charge is 2.20. The Morgan fingerprint density at radius 1 is 1.20 bits per heavy atom. The lowest BCUT2D eigenvalue weighted by atomic mass is 10.0. The van der Waals surface area contributed by atoms with E-state index in [1.807, 2.05) is 6.07 Å². The largest absolute Gasteiger partial charge is 0.369 e. The predicted octanol–water partition coefficient (Wildman–Crippen LogP) is 2.64. The lowest BCUT2D eigenvalue weighted by molar-refractivity contribution is 0.271. The van der Waals surface area contributed by atoms with Gasteiger partial charge in [-0.15, -0.1) is 0 Å². The molecule has 4 heteroatoms. The summed E-state index contributed by atoms with van der Waals surface area (Å²) >= 11 is 0. The summed E-state index contributed by atoms with van der Waals surface area (Å²) in [6, 6.07) is 5.36. The summed E-state index contributed by atoms with van der Waals surface area (Å²) in [4.78, 5) is 4.84. The minimum absolute atomic E-state index is 0.152. The zero-order valence-electron chi connectivity index (χ0n) is 12.8. The van der Waals surface area contributed by atoms with Gasteiger partial charge < -0.3 is 15.1 Å². The van der Waals surface area contributed by atoms with Crippen molar-refractivity contribution in [3.8, 4) is 0 Å². The summed E-state index contributed by atoms with van der Waals surface area (Å²) < 4.78 is 13.6. The number of nitrogens with zero attached hydrogens (tertiary/aromatic N) is 2. The Hall–Kier alpha value is -1.13. The van der Waals surface area contributed by atoms with Gasteiger partial charge in [-0.3, -0.25) is 0 Å². The van der Waals surface area contributed by atoms with Gasteiger partial charge in [0.15, 0.2) is 0 Å². The molecule has 0 spiro atoms. The quantitative estimate of drug-likeness (QED) is 0.894. The molecule has 0 aliphatic carbocycles. The van der Waals surface area contributed by atoms with Crippen LogP contribution in [0.25, 0.3) is 0 Å². The Bertz CT molecular complexity index is 428. The molecule has 1 fully saturated rings. The molecule has 0 amide bonds. The molecule has 20 heavy (non-hydrogen) atoms. The number of halogens is 1. The fraction of sp³-hybridized carbons (Fsp3) is 0.625. The minimum Gasteiger partial charge on any atom is -0.369 e. The summed E-state index contributed by atoms with van der Waals surface area (Å²) in [5.74, 6) is -0.152. The fourth-order valence-electron chi connectivity index (χ4n) is 2.88. The average Bonchev–Trinajstić information content (AvgIpc) is 2.47. The van der Waals surface area contributed by atoms with Crippen LogP contribution in [0.3, 0.4) is 0 Å². The van der Waals surface area contributed by atoms with Crippen molar-refractivity contribution in [2.45, 2.75) is 26.8 Å². The van der Waals surface area contributed by atoms with Crippen molar-refractivity contribution in [2.24, 2.45) is 0 Å². The van der Waals surface area contributed by atoms with Crippen molar-refractivity contribution in [3.63, 3.8) is 0 Å². The molecule has 0 radical (unpaired) electrons. The van der Waals surface area contributed by atoms with E-state index in [4.69, 9.17) is 0 Å². The first-order valence-electron chi connectivity index (χ1n) is 7.65. The van der Waals surface area contributed by atoms with Crippen LogP contribution in [0.5, 0.6) is 0 Å². The zero-order valence-corrected chi connectivity index (χ0v) is 12.8. The SMILES string of the molecule is CCNC(C)c1cc(F)ccc1N1CCN(CC)CC1. The molecule has 1 aliphatic heterocycles. The van der Waals surface area contributed by atoms with E-state index in [0.717, 1.165) is 44.8 Å². The van der Waals surface area contributed by atoms with E-state index in [2.05, 4.69) is 35.9 Å². The molecule has 1 N–H and O–H groups in total. The van der Waals surface area contributed by atoms with Crippen LogP contribution in [0, 0.1) is 5.82 Å². The van der Waals surface area contributed by atoms with E-state index in [0.29, 0.717) is 0 Å². The van der Waals surface area contributed by atoms with E-state index in [9.17, 15) is 4.39 Å². The molecule has 1 unspecified atom stereocenters. The Morgan fingerprint density at radius 3 is 2.50 bits per heavy atom. The van der Waals surface area contributed by atoms with E-state index in [-0.39, 0.29) is 11.9 Å². The molecule has 1 heterocycles. The topological polar surface area (TPSA) is 18.5 Å². The molecule has 1 aromatic rings. The van der Waals surface area contributed by atoms with Gasteiger partial charge in [-0.05, 0) is 43.8 Å². The molecule has 3 nitrogen and oxygen atoms in total. The molecular weight excluding hydrogens is 253 g/mol. The predicted molar refractivity (Wildman–Crippen MR) is 82.8 cm³/mol. The highest BCUT2D eigenvalue weighted by molar-refractivity contribution is 5.55. The summed E-state index contributed by atoms with van der Waals surface area (Å²) in [7, 11) is 0. The number of nitrogens with one attached hydrogen (secondary N) is 1. The second-order valence-electron chi connectivity index (χ2n) is 5.40. The number of hydrogen-bond donors (Lipinski definition) is 1. The summed E-state index contributed by atoms with van der Waals surface area (Å²) in [5.41, 5.74) is 2.24. The van der Waals surface area contributed by atoms with Gasteiger partial charge in [0.25, 0.3) is 0 Å². The molecule has 0 aromatic heterocycles. The maximum Gasteiger partial charge on any atom is 0.123 e. The normalized spacial score (nSPS) is 18.3. The first-order chi connectivity index (χ1) is 9.65. The maximum absolute atomic E-state index is 13.6. The highest BCUT2D eigenvalue weighted by Crippen LogP contribution is 2.28. The van der Waals surface area contributed by atoms with Crippen molar-refractivity contribution in [1.82, 2.24) is 10.2 Å². The fourth-order valence-corrected chi connectivity index (χ4v) is 2.88. The first kappa shape index (κ1) is 15.3. The Labute approximate surface area is 121 Å². The van der Waals surface area contributed by atoms with Gasteiger partial charge >= 0.3 is 0 Å². The highest BCUT2D eigenvalue weighted by atomic mass is 19.1. The van der Waals surface area contributed by atoms with E-state index < -0.39 is 0 Å². The van der Waals surface area contributed by atoms with E-state index in [1.165, 1.54) is 5.69 Å². The van der Waals surface area contributed by atoms with Crippen LogP contribution in [0.4, 0.5) is 10.1 Å². The van der Waals surface area contributed by atoms with Gasteiger partial charge in [-0.25, -0.2) is 4.39 Å². The number of piperazine rings is 1. The third-order valence-electron chi connectivity index (χ3n) is 4.13. The first-order valence-corrected chi connectivity index (χ1v) is 7.65. The van der Waals surface area contributed by atoms with E-state index >= 15 is 0 Å².